The molecule has 0 unspecified atom stereocenters. The third kappa shape index (κ3) is 2.68. The van der Waals surface area contributed by atoms with Crippen molar-refractivity contribution in [3.8, 4) is 22.7 Å². The normalized spacial score (nSPS) is 11.0. The van der Waals surface area contributed by atoms with Gasteiger partial charge in [-0.2, -0.15) is 0 Å². The lowest BCUT2D eigenvalue weighted by Crippen LogP contribution is -1.97. The van der Waals surface area contributed by atoms with Gasteiger partial charge in [-0.05, 0) is 54.1 Å². The second-order valence-corrected chi connectivity index (χ2v) is 6.30. The Kier molecular flexibility index (Phi) is 3.86. The molecular formula is C20H13ClN2O3. The molecule has 6 heteroatoms. The Morgan fingerprint density at radius 1 is 0.962 bits per heavy atom. The summed E-state index contributed by atoms with van der Waals surface area (Å²) in [6.07, 6.45) is 0. The smallest absolute Gasteiger partial charge is 0.269 e. The molecule has 1 N–H and O–H groups in total. The number of non-ortho nitro benzene ring substituents is 1. The second-order valence-electron chi connectivity index (χ2n) is 5.86. The van der Waals surface area contributed by atoms with E-state index >= 15 is 0 Å². The molecule has 0 aliphatic rings. The van der Waals surface area contributed by atoms with Crippen molar-refractivity contribution in [3.05, 3.63) is 87.9 Å². The molecule has 0 saturated heterocycles. The van der Waals surface area contributed by atoms with E-state index in [1.807, 2.05) is 34.9 Å². The van der Waals surface area contributed by atoms with Crippen LogP contribution in [0, 0.1) is 10.1 Å². The molecule has 0 spiro atoms. The summed E-state index contributed by atoms with van der Waals surface area (Å²) >= 11 is 6.16. The number of phenols is 1. The van der Waals surface area contributed by atoms with Crippen molar-refractivity contribution in [1.29, 1.82) is 0 Å². The molecule has 0 saturated carbocycles. The molecule has 5 nitrogen and oxygen atoms in total. The maximum Gasteiger partial charge on any atom is 0.269 e. The third-order valence-corrected chi connectivity index (χ3v) is 4.50. The highest BCUT2D eigenvalue weighted by atomic mass is 35.5. The summed E-state index contributed by atoms with van der Waals surface area (Å²) in [4.78, 5) is 10.5. The van der Waals surface area contributed by atoms with E-state index in [2.05, 4.69) is 0 Å². The van der Waals surface area contributed by atoms with E-state index in [1.54, 1.807) is 30.3 Å². The van der Waals surface area contributed by atoms with Gasteiger partial charge in [0.25, 0.3) is 5.69 Å². The zero-order chi connectivity index (χ0) is 18.3. The molecule has 0 atom stereocenters. The van der Waals surface area contributed by atoms with Gasteiger partial charge in [-0.3, -0.25) is 10.1 Å². The molecule has 4 aromatic rings. The van der Waals surface area contributed by atoms with Gasteiger partial charge in [0.2, 0.25) is 0 Å². The van der Waals surface area contributed by atoms with E-state index in [9.17, 15) is 15.2 Å². The molecule has 0 fully saturated rings. The number of aromatic nitrogens is 1. The number of hydrogen-bond acceptors (Lipinski definition) is 3. The summed E-state index contributed by atoms with van der Waals surface area (Å²) in [5.74, 6) is 0.173. The molecule has 4 rings (SSSR count). The first-order valence-electron chi connectivity index (χ1n) is 7.89. The van der Waals surface area contributed by atoms with Crippen LogP contribution < -0.4 is 0 Å². The summed E-state index contributed by atoms with van der Waals surface area (Å²) < 4.78 is 1.97. The number of halogens is 1. The number of nitro benzene ring substituents is 1. The monoisotopic (exact) mass is 364 g/mol. The minimum atomic E-state index is -0.428. The lowest BCUT2D eigenvalue weighted by molar-refractivity contribution is -0.384. The Labute approximate surface area is 153 Å². The van der Waals surface area contributed by atoms with E-state index in [0.717, 1.165) is 22.5 Å². The Balaban J connectivity index is 2.01. The van der Waals surface area contributed by atoms with Gasteiger partial charge in [0.15, 0.2) is 0 Å². The average molecular weight is 365 g/mol. The predicted octanol–water partition coefficient (Wildman–Crippen LogP) is 5.56. The highest BCUT2D eigenvalue weighted by molar-refractivity contribution is 6.30. The van der Waals surface area contributed by atoms with Crippen LogP contribution in [0.25, 0.3) is 27.8 Å². The maximum absolute atomic E-state index is 10.9. The van der Waals surface area contributed by atoms with Gasteiger partial charge in [-0.1, -0.05) is 23.7 Å². The van der Waals surface area contributed by atoms with Gasteiger partial charge < -0.3 is 9.67 Å². The molecule has 0 aliphatic carbocycles. The summed E-state index contributed by atoms with van der Waals surface area (Å²) in [5, 5.41) is 22.5. The molecule has 1 aromatic heterocycles. The topological polar surface area (TPSA) is 68.3 Å². The number of phenolic OH excluding ortho intramolecular Hbond substituents is 1. The van der Waals surface area contributed by atoms with Crippen LogP contribution >= 0.6 is 11.6 Å². The average Bonchev–Trinajstić information content (AvgIpc) is 3.03. The van der Waals surface area contributed by atoms with E-state index in [1.165, 1.54) is 12.1 Å². The van der Waals surface area contributed by atoms with E-state index < -0.39 is 4.92 Å². The maximum atomic E-state index is 10.9. The molecule has 26 heavy (non-hydrogen) atoms. The van der Waals surface area contributed by atoms with Gasteiger partial charge in [0, 0.05) is 28.2 Å². The van der Waals surface area contributed by atoms with Crippen molar-refractivity contribution in [2.45, 2.75) is 0 Å². The zero-order valence-electron chi connectivity index (χ0n) is 13.5. The van der Waals surface area contributed by atoms with E-state index in [4.69, 9.17) is 11.6 Å². The number of aromatic hydroxyl groups is 1. The Morgan fingerprint density at radius 3 is 2.38 bits per heavy atom. The summed E-state index contributed by atoms with van der Waals surface area (Å²) in [6, 6.07) is 20.9. The van der Waals surface area contributed by atoms with Gasteiger partial charge in [0.1, 0.15) is 5.75 Å². The fourth-order valence-electron chi connectivity index (χ4n) is 3.07. The van der Waals surface area contributed by atoms with Gasteiger partial charge in [0.05, 0.1) is 16.1 Å². The zero-order valence-corrected chi connectivity index (χ0v) is 14.2. The summed E-state index contributed by atoms with van der Waals surface area (Å²) in [7, 11) is 0. The quantitative estimate of drug-likeness (QED) is 0.382. The van der Waals surface area contributed by atoms with Crippen molar-refractivity contribution in [3.63, 3.8) is 0 Å². The van der Waals surface area contributed by atoms with Crippen LogP contribution in [0.5, 0.6) is 5.75 Å². The largest absolute Gasteiger partial charge is 0.507 e. The van der Waals surface area contributed by atoms with Crippen LogP contribution in [0.1, 0.15) is 0 Å². The van der Waals surface area contributed by atoms with Crippen molar-refractivity contribution in [1.82, 2.24) is 4.57 Å². The molecule has 1 heterocycles. The molecule has 128 valence electrons. The molecule has 0 amide bonds. The predicted molar refractivity (Wildman–Crippen MR) is 102 cm³/mol. The van der Waals surface area contributed by atoms with Gasteiger partial charge in [-0.15, -0.1) is 0 Å². The number of hydrogen-bond donors (Lipinski definition) is 1. The Hall–Kier alpha value is -3.31. The SMILES string of the molecule is O=[N+]([O-])c1ccc(-c2cc3c(O)cccc3n2-c2cccc(Cl)c2)cc1. The highest BCUT2D eigenvalue weighted by Crippen LogP contribution is 2.36. The van der Waals surface area contributed by atoms with E-state index in [-0.39, 0.29) is 11.4 Å². The second kappa shape index (κ2) is 6.20. The molecule has 0 bridgehead atoms. The van der Waals surface area contributed by atoms with Crippen molar-refractivity contribution in [2.24, 2.45) is 0 Å². The van der Waals surface area contributed by atoms with Crippen LogP contribution in [0.4, 0.5) is 5.69 Å². The number of benzene rings is 3. The Morgan fingerprint density at radius 2 is 1.69 bits per heavy atom. The van der Waals surface area contributed by atoms with Crippen LogP contribution in [-0.2, 0) is 0 Å². The number of rotatable bonds is 3. The fourth-order valence-corrected chi connectivity index (χ4v) is 3.26. The van der Waals surface area contributed by atoms with E-state index in [0.29, 0.717) is 10.4 Å². The van der Waals surface area contributed by atoms with Crippen LogP contribution in [0.3, 0.4) is 0 Å². The van der Waals surface area contributed by atoms with Gasteiger partial charge >= 0.3 is 0 Å². The molecule has 0 radical (unpaired) electrons. The fraction of sp³-hybridized carbons (Fsp3) is 0. The van der Waals surface area contributed by atoms with Crippen molar-refractivity contribution in [2.75, 3.05) is 0 Å². The molecule has 0 aliphatic heterocycles. The van der Waals surface area contributed by atoms with Gasteiger partial charge in [-0.25, -0.2) is 0 Å². The lowest BCUT2D eigenvalue weighted by Gasteiger charge is -2.11. The number of fused-ring (bicyclic) bond motifs is 1. The minimum absolute atomic E-state index is 0.0296. The lowest BCUT2D eigenvalue weighted by atomic mass is 10.1. The Bertz CT molecular complexity index is 1130. The minimum Gasteiger partial charge on any atom is -0.507 e. The first-order valence-corrected chi connectivity index (χ1v) is 8.26. The summed E-state index contributed by atoms with van der Waals surface area (Å²) in [5.41, 5.74) is 3.29. The highest BCUT2D eigenvalue weighted by Gasteiger charge is 2.16. The van der Waals surface area contributed by atoms with Crippen LogP contribution in [-0.4, -0.2) is 14.6 Å². The third-order valence-electron chi connectivity index (χ3n) is 4.26. The number of nitrogens with zero attached hydrogens (tertiary/aromatic N) is 2. The standard InChI is InChI=1S/C20H13ClN2O3/c21-14-3-1-4-16(11-14)22-18-5-2-6-20(24)17(18)12-19(22)13-7-9-15(10-8-13)23(25)26/h1-12,24H. The first kappa shape index (κ1) is 16.2. The van der Waals surface area contributed by atoms with Crippen molar-refractivity contribution < 1.29 is 10.0 Å². The van der Waals surface area contributed by atoms with Crippen molar-refractivity contribution >= 4 is 28.2 Å². The first-order chi connectivity index (χ1) is 12.5. The molecule has 3 aromatic carbocycles. The summed E-state index contributed by atoms with van der Waals surface area (Å²) in [6.45, 7) is 0. The van der Waals surface area contributed by atoms with Crippen LogP contribution in [0.15, 0.2) is 72.8 Å². The molecular weight excluding hydrogens is 352 g/mol. The van der Waals surface area contributed by atoms with Crippen LogP contribution in [0.2, 0.25) is 5.02 Å². The number of nitro groups is 1.